The van der Waals surface area contributed by atoms with Crippen LogP contribution < -0.4 is 5.32 Å². The highest BCUT2D eigenvalue weighted by atomic mass is 32.1. The van der Waals surface area contributed by atoms with Crippen LogP contribution in [-0.4, -0.2) is 80.3 Å². The lowest BCUT2D eigenvalue weighted by molar-refractivity contribution is -0.0944. The summed E-state index contributed by atoms with van der Waals surface area (Å²) < 4.78 is 6.27. The summed E-state index contributed by atoms with van der Waals surface area (Å²) in [7, 11) is 3.81. The van der Waals surface area contributed by atoms with Crippen molar-refractivity contribution in [3.8, 4) is 0 Å². The van der Waals surface area contributed by atoms with Crippen molar-refractivity contribution in [1.29, 1.82) is 0 Å². The summed E-state index contributed by atoms with van der Waals surface area (Å²) >= 11 is 1.58. The number of carbonyl (C=O) groups excluding carboxylic acids is 1. The Morgan fingerprint density at radius 1 is 1.46 bits per heavy atom. The van der Waals surface area contributed by atoms with Crippen LogP contribution in [0.3, 0.4) is 0 Å². The number of aliphatic hydroxyl groups excluding tert-OH is 1. The van der Waals surface area contributed by atoms with Gasteiger partial charge in [-0.1, -0.05) is 6.92 Å². The summed E-state index contributed by atoms with van der Waals surface area (Å²) in [4.78, 5) is 18.9. The first-order valence-corrected chi connectivity index (χ1v) is 10.4. The number of nitrogens with zero attached hydrogens (tertiary/aromatic N) is 2. The Labute approximate surface area is 160 Å². The van der Waals surface area contributed by atoms with Crippen molar-refractivity contribution in [2.75, 3.05) is 53.4 Å². The standard InChI is InChI=1S/C19H31N3O3S/c1-4-22-8-6-19(7-9-22)17-14(5-10-25-19)11-16(26-17)18(24)20-12-15(23)13-21(2)3/h11,15,23H,4-10,12-13H2,1-3H3,(H,20,24). The molecule has 146 valence electrons. The Bertz CT molecular complexity index is 624. The van der Waals surface area contributed by atoms with Crippen molar-refractivity contribution in [3.05, 3.63) is 21.4 Å². The number of piperidine rings is 1. The molecule has 3 heterocycles. The molecule has 0 aliphatic carbocycles. The number of likely N-dealkylation sites (N-methyl/N-ethyl adjacent to an activating group) is 1. The maximum Gasteiger partial charge on any atom is 0.261 e. The van der Waals surface area contributed by atoms with Crippen LogP contribution in [0.5, 0.6) is 0 Å². The Morgan fingerprint density at radius 2 is 2.19 bits per heavy atom. The molecular formula is C19H31N3O3S. The van der Waals surface area contributed by atoms with E-state index in [0.717, 1.165) is 50.4 Å². The molecule has 7 heteroatoms. The first-order valence-electron chi connectivity index (χ1n) is 9.54. The number of likely N-dealkylation sites (tertiary alicyclic amines) is 1. The molecule has 0 radical (unpaired) electrons. The zero-order valence-electron chi connectivity index (χ0n) is 16.1. The topological polar surface area (TPSA) is 65.0 Å². The molecule has 0 saturated carbocycles. The fourth-order valence-corrected chi connectivity index (χ4v) is 5.25. The molecule has 2 aliphatic heterocycles. The van der Waals surface area contributed by atoms with E-state index >= 15 is 0 Å². The highest BCUT2D eigenvalue weighted by Crippen LogP contribution is 2.45. The summed E-state index contributed by atoms with van der Waals surface area (Å²) in [6, 6.07) is 2.03. The molecule has 0 bridgehead atoms. The van der Waals surface area contributed by atoms with Gasteiger partial charge in [-0.25, -0.2) is 0 Å². The van der Waals surface area contributed by atoms with Crippen LogP contribution in [-0.2, 0) is 16.8 Å². The number of amides is 1. The number of rotatable bonds is 6. The van der Waals surface area contributed by atoms with Crippen LogP contribution >= 0.6 is 11.3 Å². The van der Waals surface area contributed by atoms with E-state index in [0.29, 0.717) is 6.54 Å². The van der Waals surface area contributed by atoms with Gasteiger partial charge in [0.2, 0.25) is 0 Å². The molecule has 1 aromatic heterocycles. The third kappa shape index (κ3) is 4.28. The molecule has 6 nitrogen and oxygen atoms in total. The van der Waals surface area contributed by atoms with Crippen LogP contribution in [0.25, 0.3) is 0 Å². The minimum Gasteiger partial charge on any atom is -0.390 e. The van der Waals surface area contributed by atoms with Gasteiger partial charge < -0.3 is 25.0 Å². The number of hydrogen-bond donors (Lipinski definition) is 2. The Kier molecular flexibility index (Phi) is 6.35. The second kappa shape index (κ2) is 8.35. The summed E-state index contributed by atoms with van der Waals surface area (Å²) in [5, 5.41) is 12.8. The monoisotopic (exact) mass is 381 g/mol. The molecular weight excluding hydrogens is 350 g/mol. The lowest BCUT2D eigenvalue weighted by Crippen LogP contribution is -2.45. The fourth-order valence-electron chi connectivity index (χ4n) is 3.92. The molecule has 3 rings (SSSR count). The minimum absolute atomic E-state index is 0.0941. The Morgan fingerprint density at radius 3 is 2.85 bits per heavy atom. The molecule has 0 aromatic carbocycles. The average Bonchev–Trinajstić information content (AvgIpc) is 3.06. The van der Waals surface area contributed by atoms with E-state index in [-0.39, 0.29) is 18.1 Å². The summed E-state index contributed by atoms with van der Waals surface area (Å²) in [5.41, 5.74) is 1.07. The lowest BCUT2D eigenvalue weighted by atomic mass is 9.85. The number of aliphatic hydroxyl groups is 1. The van der Waals surface area contributed by atoms with Crippen LogP contribution in [0, 0.1) is 0 Å². The van der Waals surface area contributed by atoms with Crippen LogP contribution in [0.4, 0.5) is 0 Å². The van der Waals surface area contributed by atoms with Gasteiger partial charge >= 0.3 is 0 Å². The van der Waals surface area contributed by atoms with Crippen LogP contribution in [0.2, 0.25) is 0 Å². The molecule has 26 heavy (non-hydrogen) atoms. The molecule has 2 N–H and O–H groups in total. The maximum absolute atomic E-state index is 12.5. The van der Waals surface area contributed by atoms with Gasteiger partial charge in [0.25, 0.3) is 5.91 Å². The van der Waals surface area contributed by atoms with Crippen molar-refractivity contribution < 1.29 is 14.6 Å². The van der Waals surface area contributed by atoms with Crippen molar-refractivity contribution >= 4 is 17.2 Å². The average molecular weight is 382 g/mol. The number of fused-ring (bicyclic) bond motifs is 2. The predicted octanol–water partition coefficient (Wildman–Crippen LogP) is 1.28. The van der Waals surface area contributed by atoms with Crippen molar-refractivity contribution in [2.45, 2.75) is 37.9 Å². The summed E-state index contributed by atoms with van der Waals surface area (Å²) in [5.74, 6) is -0.0941. The number of hydrogen-bond acceptors (Lipinski definition) is 6. The lowest BCUT2D eigenvalue weighted by Gasteiger charge is -2.43. The number of thiophene rings is 1. The van der Waals surface area contributed by atoms with Gasteiger partial charge in [0, 0.05) is 31.1 Å². The maximum atomic E-state index is 12.5. The largest absolute Gasteiger partial charge is 0.390 e. The second-order valence-corrected chi connectivity index (χ2v) is 8.67. The van der Waals surface area contributed by atoms with E-state index in [2.05, 4.69) is 17.1 Å². The highest BCUT2D eigenvalue weighted by Gasteiger charge is 2.42. The smallest absolute Gasteiger partial charge is 0.261 e. The van der Waals surface area contributed by atoms with Gasteiger partial charge in [-0.3, -0.25) is 4.79 Å². The second-order valence-electron chi connectivity index (χ2n) is 7.62. The summed E-state index contributed by atoms with van der Waals surface area (Å²) in [6.07, 6.45) is 2.31. The predicted molar refractivity (Wildman–Crippen MR) is 104 cm³/mol. The first kappa shape index (κ1) is 19.8. The highest BCUT2D eigenvalue weighted by molar-refractivity contribution is 7.14. The Balaban J connectivity index is 1.68. The molecule has 1 spiro atoms. The normalized spacial score (nSPS) is 21.0. The minimum atomic E-state index is -0.559. The third-order valence-electron chi connectivity index (χ3n) is 5.38. The fraction of sp³-hybridized carbons (Fsp3) is 0.737. The van der Waals surface area contributed by atoms with Gasteiger partial charge in [0.15, 0.2) is 0 Å². The zero-order chi connectivity index (χ0) is 18.7. The molecule has 1 unspecified atom stereocenters. The molecule has 1 fully saturated rings. The molecule has 1 aromatic rings. The van der Waals surface area contributed by atoms with Crippen molar-refractivity contribution in [1.82, 2.24) is 15.1 Å². The number of nitrogens with one attached hydrogen (secondary N) is 1. The molecule has 1 amide bonds. The van der Waals surface area contributed by atoms with Gasteiger partial charge in [0.1, 0.15) is 5.60 Å². The van der Waals surface area contributed by atoms with E-state index < -0.39 is 6.10 Å². The first-order chi connectivity index (χ1) is 12.4. The zero-order valence-corrected chi connectivity index (χ0v) is 16.9. The quantitative estimate of drug-likeness (QED) is 0.777. The summed E-state index contributed by atoms with van der Waals surface area (Å²) in [6.45, 7) is 6.91. The van der Waals surface area contributed by atoms with E-state index in [1.807, 2.05) is 25.1 Å². The van der Waals surface area contributed by atoms with Gasteiger partial charge in [-0.15, -0.1) is 11.3 Å². The van der Waals surface area contributed by atoms with E-state index in [4.69, 9.17) is 4.74 Å². The number of ether oxygens (including phenoxy) is 1. The van der Waals surface area contributed by atoms with Crippen LogP contribution in [0.1, 0.15) is 39.9 Å². The van der Waals surface area contributed by atoms with E-state index in [9.17, 15) is 9.90 Å². The van der Waals surface area contributed by atoms with E-state index in [1.54, 1.807) is 11.3 Å². The van der Waals surface area contributed by atoms with Gasteiger partial charge in [-0.05, 0) is 51.5 Å². The van der Waals surface area contributed by atoms with E-state index in [1.165, 1.54) is 10.4 Å². The third-order valence-corrected chi connectivity index (χ3v) is 6.74. The van der Waals surface area contributed by atoms with Crippen LogP contribution in [0.15, 0.2) is 6.07 Å². The molecule has 1 atom stereocenters. The number of carbonyl (C=O) groups is 1. The SMILES string of the molecule is CCN1CCC2(CC1)OCCc1cc(C(=O)NCC(O)CN(C)C)sc12. The van der Waals surface area contributed by atoms with Crippen molar-refractivity contribution in [2.24, 2.45) is 0 Å². The van der Waals surface area contributed by atoms with Crippen molar-refractivity contribution in [3.63, 3.8) is 0 Å². The van der Waals surface area contributed by atoms with Gasteiger partial charge in [0.05, 0.1) is 17.6 Å². The molecule has 1 saturated heterocycles. The molecule has 2 aliphatic rings. The Hall–Kier alpha value is -0.990. The van der Waals surface area contributed by atoms with Gasteiger partial charge in [-0.2, -0.15) is 0 Å².